The summed E-state index contributed by atoms with van der Waals surface area (Å²) in [7, 11) is 0. The Kier molecular flexibility index (Phi) is 6.18. The van der Waals surface area contributed by atoms with Gasteiger partial charge in [0.1, 0.15) is 24.4 Å². The highest BCUT2D eigenvalue weighted by Crippen LogP contribution is 2.51. The number of esters is 2. The number of carbonyl (C=O) groups excluding carboxylic acids is 3. The van der Waals surface area contributed by atoms with Gasteiger partial charge in [-0.05, 0) is 65.2 Å². The molecule has 204 valence electrons. The van der Waals surface area contributed by atoms with E-state index in [0.717, 1.165) is 49.7 Å². The van der Waals surface area contributed by atoms with Crippen molar-refractivity contribution in [2.24, 2.45) is 11.8 Å². The first-order valence-corrected chi connectivity index (χ1v) is 13.9. The molecule has 4 fully saturated rings. The quantitative estimate of drug-likeness (QED) is 0.261. The Labute approximate surface area is 223 Å². The van der Waals surface area contributed by atoms with Gasteiger partial charge >= 0.3 is 11.9 Å². The van der Waals surface area contributed by atoms with Crippen molar-refractivity contribution in [1.29, 1.82) is 0 Å². The van der Waals surface area contributed by atoms with Crippen molar-refractivity contribution < 1.29 is 33.3 Å². The third-order valence-corrected chi connectivity index (χ3v) is 9.55. The number of amides is 1. The van der Waals surface area contributed by atoms with Gasteiger partial charge in [-0.1, -0.05) is 30.9 Å². The van der Waals surface area contributed by atoms with E-state index in [1.54, 1.807) is 0 Å². The molecule has 0 aromatic heterocycles. The summed E-state index contributed by atoms with van der Waals surface area (Å²) in [6.07, 6.45) is 9.26. The monoisotopic (exact) mass is 523 g/mol. The molecular formula is C30H37NO7. The largest absolute Gasteiger partial charge is 0.455 e. The van der Waals surface area contributed by atoms with Crippen LogP contribution in [0.5, 0.6) is 0 Å². The number of carbonyl (C=O) groups is 3. The summed E-state index contributed by atoms with van der Waals surface area (Å²) >= 11 is 0. The molecule has 8 atom stereocenters. The minimum absolute atomic E-state index is 0.0697. The van der Waals surface area contributed by atoms with Crippen LogP contribution in [0.1, 0.15) is 65.2 Å². The summed E-state index contributed by atoms with van der Waals surface area (Å²) < 4.78 is 23.2. The topological polar surface area (TPSA) is 107 Å². The highest BCUT2D eigenvalue weighted by molar-refractivity contribution is 5.94. The lowest BCUT2D eigenvalue weighted by Crippen LogP contribution is -2.31. The van der Waals surface area contributed by atoms with E-state index in [1.165, 1.54) is 0 Å². The molecule has 38 heavy (non-hydrogen) atoms. The molecule has 6 rings (SSSR count). The van der Waals surface area contributed by atoms with Gasteiger partial charge in [0.25, 0.3) is 0 Å². The smallest absolute Gasteiger partial charge is 0.334 e. The van der Waals surface area contributed by atoms with Gasteiger partial charge in [-0.2, -0.15) is 0 Å². The van der Waals surface area contributed by atoms with E-state index in [0.29, 0.717) is 30.5 Å². The summed E-state index contributed by atoms with van der Waals surface area (Å²) in [6, 6.07) is 0. The summed E-state index contributed by atoms with van der Waals surface area (Å²) in [5.74, 6) is -0.980. The Morgan fingerprint density at radius 1 is 0.895 bits per heavy atom. The second-order valence-corrected chi connectivity index (χ2v) is 12.1. The zero-order chi connectivity index (χ0) is 26.8. The van der Waals surface area contributed by atoms with Crippen molar-refractivity contribution >= 4 is 17.8 Å². The zero-order valence-corrected chi connectivity index (χ0v) is 22.3. The van der Waals surface area contributed by atoms with Crippen LogP contribution in [-0.2, 0) is 33.3 Å². The molecule has 8 heteroatoms. The Morgan fingerprint density at radius 2 is 1.42 bits per heavy atom. The fraction of sp³-hybridized carbons (Fsp3) is 0.633. The van der Waals surface area contributed by atoms with E-state index in [1.807, 2.05) is 13.0 Å². The maximum Gasteiger partial charge on any atom is 0.334 e. The summed E-state index contributed by atoms with van der Waals surface area (Å²) in [5, 5.41) is 3.13. The average Bonchev–Trinajstić information content (AvgIpc) is 3.69. The van der Waals surface area contributed by atoms with Crippen LogP contribution in [0.15, 0.2) is 47.6 Å². The number of ether oxygens (including phenoxy) is 4. The number of allylic oxidation sites excluding steroid dienone is 2. The Balaban J connectivity index is 1.12. The number of rotatable bonds is 3. The van der Waals surface area contributed by atoms with Crippen LogP contribution in [0.25, 0.3) is 0 Å². The number of fused-ring (bicyclic) bond motifs is 6. The lowest BCUT2D eigenvalue weighted by Gasteiger charge is -2.21. The van der Waals surface area contributed by atoms with Gasteiger partial charge in [-0.3, -0.25) is 4.79 Å². The first-order valence-electron chi connectivity index (χ1n) is 13.9. The normalized spacial score (nSPS) is 45.0. The maximum absolute atomic E-state index is 13.3. The SMILES string of the molecule is C=C1C(=O)O[C@H]2[C@H]1CC/C(CNC(=O)/C1=C/CC[C@@]3(C)O[C@H]3[C@H]3OC(=O)C(=C)[C@@H]3CC1)=C\CC[C@@]1(C)O[C@@H]21. The fourth-order valence-corrected chi connectivity index (χ4v) is 6.85. The van der Waals surface area contributed by atoms with Crippen LogP contribution in [0, 0.1) is 11.8 Å². The maximum atomic E-state index is 13.3. The molecule has 4 aliphatic heterocycles. The highest BCUT2D eigenvalue weighted by atomic mass is 16.7. The van der Waals surface area contributed by atoms with E-state index >= 15 is 0 Å². The van der Waals surface area contributed by atoms with Crippen molar-refractivity contribution in [2.75, 3.05) is 6.54 Å². The molecule has 1 amide bonds. The van der Waals surface area contributed by atoms with Gasteiger partial charge in [0.05, 0.1) is 11.2 Å². The molecule has 0 aromatic carbocycles. The first kappa shape index (κ1) is 25.6. The summed E-state index contributed by atoms with van der Waals surface area (Å²) in [6.45, 7) is 12.5. The predicted octanol–water partition coefficient (Wildman–Crippen LogP) is 3.61. The highest BCUT2D eigenvalue weighted by Gasteiger charge is 2.62. The van der Waals surface area contributed by atoms with Gasteiger partial charge in [0.2, 0.25) is 5.91 Å². The van der Waals surface area contributed by atoms with Gasteiger partial charge in [0, 0.05) is 35.1 Å². The van der Waals surface area contributed by atoms with E-state index in [4.69, 9.17) is 18.9 Å². The van der Waals surface area contributed by atoms with Crippen LogP contribution in [0.4, 0.5) is 0 Å². The predicted molar refractivity (Wildman–Crippen MR) is 138 cm³/mol. The van der Waals surface area contributed by atoms with Crippen LogP contribution < -0.4 is 5.32 Å². The number of epoxide rings is 2. The van der Waals surface area contributed by atoms with Crippen LogP contribution in [0.3, 0.4) is 0 Å². The molecule has 4 heterocycles. The van der Waals surface area contributed by atoms with Crippen molar-refractivity contribution in [2.45, 2.75) is 101 Å². The number of hydrogen-bond acceptors (Lipinski definition) is 7. The zero-order valence-electron chi connectivity index (χ0n) is 22.3. The van der Waals surface area contributed by atoms with Crippen LogP contribution >= 0.6 is 0 Å². The molecule has 0 saturated carbocycles. The molecule has 8 nitrogen and oxygen atoms in total. The Bertz CT molecular complexity index is 1170. The lowest BCUT2D eigenvalue weighted by molar-refractivity contribution is -0.140. The summed E-state index contributed by atoms with van der Waals surface area (Å²) in [5.41, 5.74) is 2.24. The Morgan fingerprint density at radius 3 is 2.00 bits per heavy atom. The third-order valence-electron chi connectivity index (χ3n) is 9.55. The molecule has 1 N–H and O–H groups in total. The molecule has 0 spiro atoms. The fourth-order valence-electron chi connectivity index (χ4n) is 6.85. The molecule has 6 aliphatic rings. The second kappa shape index (κ2) is 9.19. The summed E-state index contributed by atoms with van der Waals surface area (Å²) in [4.78, 5) is 37.8. The van der Waals surface area contributed by atoms with Gasteiger partial charge < -0.3 is 24.3 Å². The first-order chi connectivity index (χ1) is 18.1. The molecule has 0 unspecified atom stereocenters. The van der Waals surface area contributed by atoms with Crippen LogP contribution in [0.2, 0.25) is 0 Å². The minimum atomic E-state index is -0.355. The van der Waals surface area contributed by atoms with Crippen molar-refractivity contribution in [3.8, 4) is 0 Å². The van der Waals surface area contributed by atoms with E-state index < -0.39 is 0 Å². The molecule has 4 saturated heterocycles. The third kappa shape index (κ3) is 4.45. The van der Waals surface area contributed by atoms with Gasteiger partial charge in [-0.15, -0.1) is 0 Å². The number of hydrogen-bond donors (Lipinski definition) is 1. The molecule has 2 aliphatic carbocycles. The van der Waals surface area contributed by atoms with Crippen molar-refractivity contribution in [1.82, 2.24) is 5.32 Å². The van der Waals surface area contributed by atoms with Crippen LogP contribution in [-0.4, -0.2) is 60.0 Å². The minimum Gasteiger partial charge on any atom is -0.455 e. The molecular weight excluding hydrogens is 486 g/mol. The van der Waals surface area contributed by atoms with Gasteiger partial charge in [0.15, 0.2) is 0 Å². The van der Waals surface area contributed by atoms with Crippen molar-refractivity contribution in [3.63, 3.8) is 0 Å². The molecule has 0 radical (unpaired) electrons. The average molecular weight is 524 g/mol. The second-order valence-electron chi connectivity index (χ2n) is 12.1. The lowest BCUT2D eigenvalue weighted by atomic mass is 9.83. The van der Waals surface area contributed by atoms with E-state index in [2.05, 4.69) is 31.5 Å². The van der Waals surface area contributed by atoms with E-state index in [9.17, 15) is 14.4 Å². The standard InChI is InChI=1S/C30H37NO7/c1-16-20-11-9-18(7-5-13-29(3)24(37-29)22(20)35-27(16)33)15-31-26(32)19-8-6-14-30(4)25(38-30)23-21(12-10-19)17(2)28(34)36-23/h7-8,20-25H,1-2,5-6,9-15H2,3-4H3,(H,31,32)/b18-7+,19-8+/t20-,21-,22-,23-,24-,25-,29+,30+/m0/s1. The molecule has 0 bridgehead atoms. The van der Waals surface area contributed by atoms with Crippen molar-refractivity contribution in [3.05, 3.63) is 47.6 Å². The number of nitrogens with one attached hydrogen (secondary N) is 1. The van der Waals surface area contributed by atoms with E-state index in [-0.39, 0.29) is 65.3 Å². The van der Waals surface area contributed by atoms with Gasteiger partial charge in [-0.25, -0.2) is 9.59 Å². The Hall–Kier alpha value is -2.71. The molecule has 0 aromatic rings.